The number of aryl methyl sites for hydroxylation is 2. The lowest BCUT2D eigenvalue weighted by Crippen LogP contribution is -2.27. The Kier molecular flexibility index (Phi) is 4.43. The zero-order chi connectivity index (χ0) is 18.2. The normalized spacial score (nSPS) is 14.5. The summed E-state index contributed by atoms with van der Waals surface area (Å²) in [4.78, 5) is 14.1. The maximum Gasteiger partial charge on any atom is 0.261 e. The Hall–Kier alpha value is -2.54. The zero-order valence-corrected chi connectivity index (χ0v) is 15.2. The van der Waals surface area contributed by atoms with E-state index in [1.165, 1.54) is 6.07 Å². The van der Waals surface area contributed by atoms with Gasteiger partial charge in [-0.3, -0.25) is 9.52 Å². The number of hydrogen-bond donors (Lipinski definition) is 1. The lowest BCUT2D eigenvalue weighted by atomic mass is 10.1. The van der Waals surface area contributed by atoms with Gasteiger partial charge >= 0.3 is 0 Å². The molecular formula is C18H20N2O4S. The number of fused-ring (bicyclic) bond motifs is 1. The Bertz CT molecular complexity index is 938. The van der Waals surface area contributed by atoms with Crippen LogP contribution in [0.5, 0.6) is 5.75 Å². The van der Waals surface area contributed by atoms with Crippen LogP contribution in [0.15, 0.2) is 41.3 Å². The Labute approximate surface area is 147 Å². The molecule has 1 aliphatic rings. The van der Waals surface area contributed by atoms with Gasteiger partial charge < -0.3 is 9.64 Å². The molecule has 0 atom stereocenters. The minimum absolute atomic E-state index is 0.185. The standard InChI is InChI=1S/C18H20N2O4S/c1-12-4-6-15(10-13(12)2)25(22,23)19-14-5-7-17-16(11-14)18(21)20(3)8-9-24-17/h4-7,10-11,19H,8-9H2,1-3H3. The van der Waals surface area contributed by atoms with Gasteiger partial charge in [0.25, 0.3) is 15.9 Å². The summed E-state index contributed by atoms with van der Waals surface area (Å²) in [5.74, 6) is 0.267. The van der Waals surface area contributed by atoms with Crippen LogP contribution < -0.4 is 9.46 Å². The molecule has 1 N–H and O–H groups in total. The average Bonchev–Trinajstić information content (AvgIpc) is 2.69. The third-order valence-electron chi connectivity index (χ3n) is 4.28. The molecule has 0 spiro atoms. The van der Waals surface area contributed by atoms with Gasteiger partial charge in [0.15, 0.2) is 0 Å². The minimum atomic E-state index is -3.73. The quantitative estimate of drug-likeness (QED) is 0.913. The number of anilines is 1. The molecule has 0 fully saturated rings. The number of carbonyl (C=O) groups is 1. The Balaban J connectivity index is 1.94. The number of likely N-dealkylation sites (N-methyl/N-ethyl adjacent to an activating group) is 1. The molecule has 0 unspecified atom stereocenters. The number of hydrogen-bond acceptors (Lipinski definition) is 4. The summed E-state index contributed by atoms with van der Waals surface area (Å²) in [6, 6.07) is 9.69. The largest absolute Gasteiger partial charge is 0.491 e. The lowest BCUT2D eigenvalue weighted by Gasteiger charge is -2.14. The average molecular weight is 360 g/mol. The number of rotatable bonds is 3. The maximum atomic E-state index is 12.6. The van der Waals surface area contributed by atoms with Crippen LogP contribution in [-0.2, 0) is 10.0 Å². The molecule has 0 radical (unpaired) electrons. The molecule has 132 valence electrons. The van der Waals surface area contributed by atoms with E-state index in [0.29, 0.717) is 30.2 Å². The summed E-state index contributed by atoms with van der Waals surface area (Å²) in [6.07, 6.45) is 0. The number of sulfonamides is 1. The van der Waals surface area contributed by atoms with Crippen molar-refractivity contribution in [2.24, 2.45) is 0 Å². The van der Waals surface area contributed by atoms with E-state index in [4.69, 9.17) is 4.74 Å². The predicted octanol–water partition coefficient (Wildman–Crippen LogP) is 2.57. The maximum absolute atomic E-state index is 12.6. The number of amides is 1. The van der Waals surface area contributed by atoms with Crippen molar-refractivity contribution in [1.82, 2.24) is 4.90 Å². The number of ether oxygens (including phenoxy) is 1. The van der Waals surface area contributed by atoms with Gasteiger partial charge in [0.2, 0.25) is 0 Å². The molecular weight excluding hydrogens is 340 g/mol. The number of nitrogens with zero attached hydrogens (tertiary/aromatic N) is 1. The second-order valence-corrected chi connectivity index (χ2v) is 7.82. The molecule has 0 aliphatic carbocycles. The highest BCUT2D eigenvalue weighted by molar-refractivity contribution is 7.92. The molecule has 1 heterocycles. The van der Waals surface area contributed by atoms with Crippen molar-refractivity contribution in [2.75, 3.05) is 24.9 Å². The van der Waals surface area contributed by atoms with Gasteiger partial charge in [-0.25, -0.2) is 8.42 Å². The van der Waals surface area contributed by atoms with Crippen LogP contribution in [0, 0.1) is 13.8 Å². The van der Waals surface area contributed by atoms with Crippen LogP contribution in [0.1, 0.15) is 21.5 Å². The molecule has 0 saturated heterocycles. The second-order valence-electron chi connectivity index (χ2n) is 6.14. The van der Waals surface area contributed by atoms with E-state index < -0.39 is 10.0 Å². The molecule has 25 heavy (non-hydrogen) atoms. The number of nitrogens with one attached hydrogen (secondary N) is 1. The summed E-state index contributed by atoms with van der Waals surface area (Å²) < 4.78 is 33.3. The number of carbonyl (C=O) groups excluding carboxylic acids is 1. The van der Waals surface area contributed by atoms with Gasteiger partial charge in [-0.05, 0) is 55.3 Å². The highest BCUT2D eigenvalue weighted by Gasteiger charge is 2.22. The molecule has 0 bridgehead atoms. The van der Waals surface area contributed by atoms with E-state index in [2.05, 4.69) is 4.72 Å². The van der Waals surface area contributed by atoms with Crippen molar-refractivity contribution in [1.29, 1.82) is 0 Å². The van der Waals surface area contributed by atoms with Gasteiger partial charge in [0.1, 0.15) is 12.4 Å². The number of benzene rings is 2. The van der Waals surface area contributed by atoms with E-state index in [1.807, 2.05) is 13.8 Å². The van der Waals surface area contributed by atoms with Gasteiger partial charge in [0, 0.05) is 12.7 Å². The van der Waals surface area contributed by atoms with E-state index in [-0.39, 0.29) is 10.8 Å². The Morgan fingerprint density at radius 1 is 1.08 bits per heavy atom. The molecule has 2 aromatic rings. The molecule has 6 nitrogen and oxygen atoms in total. The first kappa shape index (κ1) is 17.3. The first-order chi connectivity index (χ1) is 11.8. The molecule has 3 rings (SSSR count). The fourth-order valence-corrected chi connectivity index (χ4v) is 3.72. The monoisotopic (exact) mass is 360 g/mol. The summed E-state index contributed by atoms with van der Waals surface area (Å²) in [6.45, 7) is 4.68. The third-order valence-corrected chi connectivity index (χ3v) is 5.66. The van der Waals surface area contributed by atoms with E-state index in [1.54, 1.807) is 42.3 Å². The Morgan fingerprint density at radius 2 is 1.84 bits per heavy atom. The van der Waals surface area contributed by atoms with Crippen molar-refractivity contribution in [2.45, 2.75) is 18.7 Å². The van der Waals surface area contributed by atoms with Crippen LogP contribution >= 0.6 is 0 Å². The summed E-state index contributed by atoms with van der Waals surface area (Å²) in [5.41, 5.74) is 2.59. The highest BCUT2D eigenvalue weighted by Crippen LogP contribution is 2.27. The molecule has 2 aromatic carbocycles. The van der Waals surface area contributed by atoms with Crippen molar-refractivity contribution < 1.29 is 17.9 Å². The SMILES string of the molecule is Cc1ccc(S(=O)(=O)Nc2ccc3c(c2)C(=O)N(C)CCO3)cc1C. The van der Waals surface area contributed by atoms with Crippen molar-refractivity contribution in [3.05, 3.63) is 53.1 Å². The summed E-state index contributed by atoms with van der Waals surface area (Å²) in [5, 5.41) is 0. The Morgan fingerprint density at radius 3 is 2.56 bits per heavy atom. The van der Waals surface area contributed by atoms with Crippen LogP contribution in [-0.4, -0.2) is 39.4 Å². The topological polar surface area (TPSA) is 75.7 Å². The van der Waals surface area contributed by atoms with Gasteiger partial charge in [-0.2, -0.15) is 0 Å². The molecule has 7 heteroatoms. The lowest BCUT2D eigenvalue weighted by molar-refractivity contribution is 0.0796. The van der Waals surface area contributed by atoms with Gasteiger partial charge in [-0.15, -0.1) is 0 Å². The van der Waals surface area contributed by atoms with Crippen LogP contribution in [0.4, 0.5) is 5.69 Å². The van der Waals surface area contributed by atoms with Crippen LogP contribution in [0.3, 0.4) is 0 Å². The second kappa shape index (κ2) is 6.40. The zero-order valence-electron chi connectivity index (χ0n) is 14.4. The van der Waals surface area contributed by atoms with Crippen LogP contribution in [0.2, 0.25) is 0 Å². The van der Waals surface area contributed by atoms with E-state index >= 15 is 0 Å². The predicted molar refractivity (Wildman–Crippen MR) is 95.6 cm³/mol. The van der Waals surface area contributed by atoms with Crippen molar-refractivity contribution in [3.8, 4) is 5.75 Å². The fourth-order valence-electron chi connectivity index (χ4n) is 2.58. The molecule has 1 aliphatic heterocycles. The minimum Gasteiger partial charge on any atom is -0.491 e. The fraction of sp³-hybridized carbons (Fsp3) is 0.278. The highest BCUT2D eigenvalue weighted by atomic mass is 32.2. The van der Waals surface area contributed by atoms with E-state index in [9.17, 15) is 13.2 Å². The first-order valence-corrected chi connectivity index (χ1v) is 9.38. The van der Waals surface area contributed by atoms with Gasteiger partial charge in [-0.1, -0.05) is 6.07 Å². The van der Waals surface area contributed by atoms with Crippen molar-refractivity contribution >= 4 is 21.6 Å². The van der Waals surface area contributed by atoms with E-state index in [0.717, 1.165) is 11.1 Å². The smallest absolute Gasteiger partial charge is 0.261 e. The molecule has 0 saturated carbocycles. The molecule has 0 aromatic heterocycles. The third kappa shape index (κ3) is 3.46. The molecule has 1 amide bonds. The van der Waals surface area contributed by atoms with Crippen molar-refractivity contribution in [3.63, 3.8) is 0 Å². The summed E-state index contributed by atoms with van der Waals surface area (Å²) in [7, 11) is -2.05. The summed E-state index contributed by atoms with van der Waals surface area (Å²) >= 11 is 0. The van der Waals surface area contributed by atoms with Gasteiger partial charge in [0.05, 0.1) is 17.0 Å². The van der Waals surface area contributed by atoms with Crippen LogP contribution in [0.25, 0.3) is 0 Å². The first-order valence-electron chi connectivity index (χ1n) is 7.90.